The van der Waals surface area contributed by atoms with Crippen LogP contribution in [0.15, 0.2) is 48.2 Å². The van der Waals surface area contributed by atoms with Crippen molar-refractivity contribution in [1.29, 1.82) is 0 Å². The Morgan fingerprint density at radius 2 is 2.15 bits per heavy atom. The summed E-state index contributed by atoms with van der Waals surface area (Å²) in [4.78, 5) is 11.7. The Bertz CT molecular complexity index is 561. The van der Waals surface area contributed by atoms with Gasteiger partial charge >= 0.3 is 0 Å². The Kier molecular flexibility index (Phi) is 5.06. The molecule has 0 bridgehead atoms. The van der Waals surface area contributed by atoms with Crippen molar-refractivity contribution in [2.45, 2.75) is 26.3 Å². The summed E-state index contributed by atoms with van der Waals surface area (Å²) in [5.74, 6) is -0.0986. The fraction of sp³-hybridized carbons (Fsp3) is 0.267. The molecule has 2 rings (SSSR count). The predicted octanol–water partition coefficient (Wildman–Crippen LogP) is 2.00. The first kappa shape index (κ1) is 14.0. The van der Waals surface area contributed by atoms with E-state index in [0.717, 1.165) is 18.4 Å². The molecule has 0 saturated carbocycles. The predicted molar refractivity (Wildman–Crippen MR) is 76.7 cm³/mol. The number of aryl methyl sites for hydroxylation is 1. The first-order valence-corrected chi connectivity index (χ1v) is 6.57. The molecule has 1 aromatic carbocycles. The Morgan fingerprint density at radius 3 is 2.85 bits per heavy atom. The number of aromatic amines is 1. The molecule has 0 radical (unpaired) electrons. The van der Waals surface area contributed by atoms with Gasteiger partial charge in [-0.1, -0.05) is 35.9 Å². The van der Waals surface area contributed by atoms with Crippen molar-refractivity contribution >= 4 is 5.91 Å². The van der Waals surface area contributed by atoms with Crippen LogP contribution >= 0.6 is 0 Å². The van der Waals surface area contributed by atoms with E-state index in [9.17, 15) is 4.79 Å². The van der Waals surface area contributed by atoms with Crippen molar-refractivity contribution in [2.24, 2.45) is 0 Å². The van der Waals surface area contributed by atoms with Crippen molar-refractivity contribution in [3.63, 3.8) is 0 Å². The number of aromatic nitrogens is 3. The molecule has 104 valence electrons. The van der Waals surface area contributed by atoms with Gasteiger partial charge in [0.2, 0.25) is 5.91 Å². The molecule has 1 aromatic heterocycles. The number of rotatable bonds is 6. The molecule has 0 saturated heterocycles. The van der Waals surface area contributed by atoms with E-state index >= 15 is 0 Å². The maximum absolute atomic E-state index is 11.7. The van der Waals surface area contributed by atoms with Crippen LogP contribution < -0.4 is 5.32 Å². The quantitative estimate of drug-likeness (QED) is 0.789. The van der Waals surface area contributed by atoms with E-state index in [2.05, 4.69) is 32.9 Å². The molecular formula is C15H18N4O. The van der Waals surface area contributed by atoms with Crippen LogP contribution in [0.5, 0.6) is 0 Å². The molecule has 0 atom stereocenters. The zero-order valence-corrected chi connectivity index (χ0v) is 11.5. The fourth-order valence-electron chi connectivity index (χ4n) is 1.82. The maximum atomic E-state index is 11.7. The first-order valence-electron chi connectivity index (χ1n) is 6.57. The van der Waals surface area contributed by atoms with Crippen LogP contribution in [0.2, 0.25) is 0 Å². The second-order valence-electron chi connectivity index (χ2n) is 4.66. The third-order valence-electron chi connectivity index (χ3n) is 2.94. The number of hydrogen-bond acceptors (Lipinski definition) is 3. The van der Waals surface area contributed by atoms with Gasteiger partial charge < -0.3 is 5.32 Å². The van der Waals surface area contributed by atoms with Crippen molar-refractivity contribution in [1.82, 2.24) is 20.7 Å². The van der Waals surface area contributed by atoms with Gasteiger partial charge in [-0.25, -0.2) is 0 Å². The number of amides is 1. The highest BCUT2D eigenvalue weighted by Crippen LogP contribution is 2.08. The number of nitrogens with one attached hydrogen (secondary N) is 2. The number of benzene rings is 1. The lowest BCUT2D eigenvalue weighted by molar-refractivity contribution is -0.116. The van der Waals surface area contributed by atoms with Crippen LogP contribution in [0.4, 0.5) is 0 Å². The number of hydrogen-bond donors (Lipinski definition) is 2. The number of carbonyl (C=O) groups excluding carboxylic acids is 1. The second kappa shape index (κ2) is 7.23. The average molecular weight is 270 g/mol. The molecule has 20 heavy (non-hydrogen) atoms. The Hall–Kier alpha value is -2.43. The third-order valence-corrected chi connectivity index (χ3v) is 2.94. The summed E-state index contributed by atoms with van der Waals surface area (Å²) in [5.41, 5.74) is 3.06. The standard InChI is InChI=1S/C15H18N4O/c1-12(7-8-13-5-3-2-4-6-13)9-15(20)16-10-14-11-17-19-18-14/h2-6,9,11H,7-8,10H2,1H3,(H,16,20)(H,17,18,19)/b12-9+. The molecular weight excluding hydrogens is 252 g/mol. The zero-order chi connectivity index (χ0) is 14.2. The molecule has 0 fully saturated rings. The molecule has 1 amide bonds. The summed E-state index contributed by atoms with van der Waals surface area (Å²) in [5, 5.41) is 12.8. The highest BCUT2D eigenvalue weighted by Gasteiger charge is 2.01. The second-order valence-corrected chi connectivity index (χ2v) is 4.66. The molecule has 2 aromatic rings. The van der Waals surface area contributed by atoms with E-state index in [4.69, 9.17) is 0 Å². The van der Waals surface area contributed by atoms with Gasteiger partial charge in [0.15, 0.2) is 0 Å². The van der Waals surface area contributed by atoms with Gasteiger partial charge in [0.1, 0.15) is 5.69 Å². The van der Waals surface area contributed by atoms with E-state index in [1.807, 2.05) is 25.1 Å². The smallest absolute Gasteiger partial charge is 0.244 e. The summed E-state index contributed by atoms with van der Waals surface area (Å²) in [7, 11) is 0. The first-order chi connectivity index (χ1) is 9.74. The summed E-state index contributed by atoms with van der Waals surface area (Å²) in [6.07, 6.45) is 5.05. The van der Waals surface area contributed by atoms with Gasteiger partial charge in [0.05, 0.1) is 12.7 Å². The minimum Gasteiger partial charge on any atom is -0.347 e. The molecule has 0 aliphatic rings. The number of H-pyrrole nitrogens is 1. The lowest BCUT2D eigenvalue weighted by atomic mass is 10.1. The Labute approximate surface area is 118 Å². The average Bonchev–Trinajstić information content (AvgIpc) is 2.97. The minimum atomic E-state index is -0.0986. The largest absolute Gasteiger partial charge is 0.347 e. The van der Waals surface area contributed by atoms with E-state index in [0.29, 0.717) is 12.2 Å². The van der Waals surface area contributed by atoms with E-state index in [1.54, 1.807) is 12.3 Å². The highest BCUT2D eigenvalue weighted by molar-refractivity contribution is 5.88. The molecule has 0 unspecified atom stereocenters. The summed E-state index contributed by atoms with van der Waals surface area (Å²) in [6, 6.07) is 10.2. The topological polar surface area (TPSA) is 70.7 Å². The lowest BCUT2D eigenvalue weighted by Gasteiger charge is -2.03. The van der Waals surface area contributed by atoms with Gasteiger partial charge in [-0.05, 0) is 25.3 Å². The van der Waals surface area contributed by atoms with Crippen molar-refractivity contribution in [3.05, 3.63) is 59.4 Å². The van der Waals surface area contributed by atoms with Gasteiger partial charge in [0.25, 0.3) is 0 Å². The summed E-state index contributed by atoms with van der Waals surface area (Å²) < 4.78 is 0. The number of allylic oxidation sites excluding steroid dienone is 1. The van der Waals surface area contributed by atoms with Crippen LogP contribution in [0.3, 0.4) is 0 Å². The Balaban J connectivity index is 1.76. The molecule has 5 heteroatoms. The van der Waals surface area contributed by atoms with Crippen LogP contribution in [-0.4, -0.2) is 21.3 Å². The van der Waals surface area contributed by atoms with Gasteiger partial charge in [0, 0.05) is 6.08 Å². The third kappa shape index (κ3) is 4.68. The van der Waals surface area contributed by atoms with Crippen molar-refractivity contribution in [3.8, 4) is 0 Å². The summed E-state index contributed by atoms with van der Waals surface area (Å²) in [6.45, 7) is 2.36. The minimum absolute atomic E-state index is 0.0986. The van der Waals surface area contributed by atoms with E-state index in [1.165, 1.54) is 5.56 Å². The van der Waals surface area contributed by atoms with E-state index in [-0.39, 0.29) is 5.91 Å². The number of nitrogens with zero attached hydrogens (tertiary/aromatic N) is 2. The zero-order valence-electron chi connectivity index (χ0n) is 11.5. The van der Waals surface area contributed by atoms with Crippen molar-refractivity contribution in [2.75, 3.05) is 0 Å². The molecule has 0 spiro atoms. The molecule has 1 heterocycles. The maximum Gasteiger partial charge on any atom is 0.244 e. The molecule has 0 aliphatic carbocycles. The number of carbonyl (C=O) groups is 1. The molecule has 2 N–H and O–H groups in total. The van der Waals surface area contributed by atoms with Crippen LogP contribution in [-0.2, 0) is 17.8 Å². The fourth-order valence-corrected chi connectivity index (χ4v) is 1.82. The van der Waals surface area contributed by atoms with Crippen LogP contribution in [0, 0.1) is 0 Å². The Morgan fingerprint density at radius 1 is 1.35 bits per heavy atom. The molecule has 5 nitrogen and oxygen atoms in total. The molecule has 0 aliphatic heterocycles. The van der Waals surface area contributed by atoms with Gasteiger partial charge in [-0.2, -0.15) is 15.4 Å². The monoisotopic (exact) mass is 270 g/mol. The van der Waals surface area contributed by atoms with Crippen LogP contribution in [0.1, 0.15) is 24.6 Å². The lowest BCUT2D eigenvalue weighted by Crippen LogP contribution is -2.21. The summed E-state index contributed by atoms with van der Waals surface area (Å²) >= 11 is 0. The van der Waals surface area contributed by atoms with Crippen molar-refractivity contribution < 1.29 is 4.79 Å². The van der Waals surface area contributed by atoms with Crippen LogP contribution in [0.25, 0.3) is 0 Å². The van der Waals surface area contributed by atoms with E-state index < -0.39 is 0 Å². The SMILES string of the molecule is C/C(=C\C(=O)NCc1cn[nH]n1)CCc1ccccc1. The van der Waals surface area contributed by atoms with Gasteiger partial charge in [-0.3, -0.25) is 4.79 Å². The van der Waals surface area contributed by atoms with Gasteiger partial charge in [-0.15, -0.1) is 0 Å². The highest BCUT2D eigenvalue weighted by atomic mass is 16.1. The normalized spacial score (nSPS) is 11.3.